The predicted octanol–water partition coefficient (Wildman–Crippen LogP) is 3.98. The van der Waals surface area contributed by atoms with Gasteiger partial charge in [0.1, 0.15) is 6.61 Å². The Bertz CT molecular complexity index is 829. The van der Waals surface area contributed by atoms with Crippen LogP contribution in [0.2, 0.25) is 0 Å². The largest absolute Gasteiger partial charge is 0.473 e. The summed E-state index contributed by atoms with van der Waals surface area (Å²) in [6.07, 6.45) is 2.31. The number of benzene rings is 2. The van der Waals surface area contributed by atoms with E-state index in [1.807, 2.05) is 30.3 Å². The van der Waals surface area contributed by atoms with Crippen molar-refractivity contribution in [3.05, 3.63) is 66.2 Å². The van der Waals surface area contributed by atoms with Gasteiger partial charge in [0.25, 0.3) is 0 Å². The van der Waals surface area contributed by atoms with E-state index in [0.717, 1.165) is 48.1 Å². The molecule has 1 aromatic heterocycles. The molecule has 0 saturated carbocycles. The lowest BCUT2D eigenvalue weighted by atomic mass is 10.1. The Kier molecular flexibility index (Phi) is 4.79. The molecule has 0 aliphatic carbocycles. The van der Waals surface area contributed by atoms with E-state index >= 15 is 0 Å². The Morgan fingerprint density at radius 3 is 2.64 bits per heavy atom. The topological polar surface area (TPSA) is 46.2 Å². The molecule has 3 aromatic rings. The minimum Gasteiger partial charge on any atom is -0.473 e. The van der Waals surface area contributed by atoms with Crippen molar-refractivity contribution in [2.24, 2.45) is 0 Å². The molecule has 4 rings (SSSR count). The van der Waals surface area contributed by atoms with Gasteiger partial charge < -0.3 is 15.4 Å². The summed E-state index contributed by atoms with van der Waals surface area (Å²) < 4.78 is 5.85. The summed E-state index contributed by atoms with van der Waals surface area (Å²) in [5, 5.41) is 8.23. The molecule has 0 unspecified atom stereocenters. The third kappa shape index (κ3) is 3.91. The second-order valence-electron chi connectivity index (χ2n) is 6.46. The monoisotopic (exact) mass is 333 g/mol. The normalized spacial score (nSPS) is 15.2. The van der Waals surface area contributed by atoms with Gasteiger partial charge >= 0.3 is 0 Å². The smallest absolute Gasteiger partial charge is 0.214 e. The zero-order chi connectivity index (χ0) is 16.9. The molecule has 0 spiro atoms. The highest BCUT2D eigenvalue weighted by Crippen LogP contribution is 2.26. The molecule has 2 heterocycles. The molecule has 0 amide bonds. The first kappa shape index (κ1) is 15.9. The summed E-state index contributed by atoms with van der Waals surface area (Å²) in [7, 11) is 0. The molecule has 1 aliphatic rings. The fourth-order valence-corrected chi connectivity index (χ4v) is 3.26. The summed E-state index contributed by atoms with van der Waals surface area (Å²) in [6, 6.07) is 21.0. The average Bonchev–Trinajstić information content (AvgIpc) is 2.68. The summed E-state index contributed by atoms with van der Waals surface area (Å²) in [5.41, 5.74) is 3.27. The number of piperidine rings is 1. The number of anilines is 1. The number of nitrogens with zero attached hydrogens (tertiary/aromatic N) is 1. The van der Waals surface area contributed by atoms with Gasteiger partial charge in [0.2, 0.25) is 5.88 Å². The number of rotatable bonds is 5. The fraction of sp³-hybridized carbons (Fsp3) is 0.286. The van der Waals surface area contributed by atoms with Crippen molar-refractivity contribution >= 4 is 16.6 Å². The van der Waals surface area contributed by atoms with E-state index < -0.39 is 0 Å². The Labute approximate surface area is 148 Å². The zero-order valence-electron chi connectivity index (χ0n) is 14.2. The van der Waals surface area contributed by atoms with Crippen LogP contribution in [0.4, 0.5) is 5.69 Å². The molecule has 4 nitrogen and oxygen atoms in total. The third-order valence-corrected chi connectivity index (χ3v) is 4.63. The van der Waals surface area contributed by atoms with Crippen LogP contribution in [-0.4, -0.2) is 24.1 Å². The third-order valence-electron chi connectivity index (χ3n) is 4.63. The molecule has 2 aromatic carbocycles. The molecule has 1 aliphatic heterocycles. The Morgan fingerprint density at radius 2 is 1.80 bits per heavy atom. The second kappa shape index (κ2) is 7.53. The lowest BCUT2D eigenvalue weighted by Crippen LogP contribution is -2.35. The van der Waals surface area contributed by atoms with Crippen molar-refractivity contribution in [1.29, 1.82) is 0 Å². The maximum atomic E-state index is 5.85. The highest BCUT2D eigenvalue weighted by molar-refractivity contribution is 5.91. The molecule has 128 valence electrons. The average molecular weight is 333 g/mol. The number of pyridine rings is 1. The van der Waals surface area contributed by atoms with E-state index in [1.54, 1.807) is 0 Å². The first-order chi connectivity index (χ1) is 12.4. The van der Waals surface area contributed by atoms with Gasteiger partial charge in [-0.05, 0) is 49.7 Å². The maximum absolute atomic E-state index is 5.85. The quantitative estimate of drug-likeness (QED) is 0.741. The molecule has 0 radical (unpaired) electrons. The molecule has 25 heavy (non-hydrogen) atoms. The van der Waals surface area contributed by atoms with Crippen molar-refractivity contribution in [2.45, 2.75) is 25.5 Å². The number of aromatic nitrogens is 1. The predicted molar refractivity (Wildman–Crippen MR) is 102 cm³/mol. The standard InChI is InChI=1S/C21H23N3O/c1-2-5-16(6-3-1)15-25-21-10-9-18-19(7-4-8-20(18)24-21)23-17-11-13-22-14-12-17/h1-10,17,22-23H,11-15H2. The molecule has 4 heteroatoms. The van der Waals surface area contributed by atoms with Gasteiger partial charge in [-0.15, -0.1) is 0 Å². The van der Waals surface area contributed by atoms with E-state index in [9.17, 15) is 0 Å². The van der Waals surface area contributed by atoms with E-state index in [-0.39, 0.29) is 0 Å². The van der Waals surface area contributed by atoms with Gasteiger partial charge in [-0.25, -0.2) is 4.98 Å². The van der Waals surface area contributed by atoms with Crippen LogP contribution in [-0.2, 0) is 6.61 Å². The lowest BCUT2D eigenvalue weighted by molar-refractivity contribution is 0.295. The van der Waals surface area contributed by atoms with Gasteiger partial charge in [0.15, 0.2) is 0 Å². The van der Waals surface area contributed by atoms with Gasteiger partial charge in [0.05, 0.1) is 5.52 Å². The van der Waals surface area contributed by atoms with Crippen LogP contribution in [0.5, 0.6) is 5.88 Å². The Balaban J connectivity index is 1.50. The van der Waals surface area contributed by atoms with E-state index in [0.29, 0.717) is 18.5 Å². The van der Waals surface area contributed by atoms with E-state index in [1.165, 1.54) is 0 Å². The molecule has 1 fully saturated rings. The first-order valence-corrected chi connectivity index (χ1v) is 8.92. The van der Waals surface area contributed by atoms with E-state index in [4.69, 9.17) is 4.74 Å². The number of hydrogen-bond donors (Lipinski definition) is 2. The number of hydrogen-bond acceptors (Lipinski definition) is 4. The summed E-state index contributed by atoms with van der Waals surface area (Å²) in [5.74, 6) is 0.662. The van der Waals surface area contributed by atoms with Crippen LogP contribution < -0.4 is 15.4 Å². The molecule has 1 saturated heterocycles. The fourth-order valence-electron chi connectivity index (χ4n) is 3.26. The maximum Gasteiger partial charge on any atom is 0.214 e. The minimum atomic E-state index is 0.529. The van der Waals surface area contributed by atoms with Crippen LogP contribution in [0.25, 0.3) is 10.9 Å². The molecular formula is C21H23N3O. The molecular weight excluding hydrogens is 310 g/mol. The molecule has 0 atom stereocenters. The Morgan fingerprint density at radius 1 is 0.960 bits per heavy atom. The van der Waals surface area contributed by atoms with Crippen molar-refractivity contribution in [1.82, 2.24) is 10.3 Å². The van der Waals surface area contributed by atoms with Crippen LogP contribution >= 0.6 is 0 Å². The minimum absolute atomic E-state index is 0.529. The number of fused-ring (bicyclic) bond motifs is 1. The van der Waals surface area contributed by atoms with Crippen LogP contribution in [0.15, 0.2) is 60.7 Å². The van der Waals surface area contributed by atoms with Crippen LogP contribution in [0, 0.1) is 0 Å². The highest BCUT2D eigenvalue weighted by atomic mass is 16.5. The van der Waals surface area contributed by atoms with Gasteiger partial charge in [-0.1, -0.05) is 36.4 Å². The van der Waals surface area contributed by atoms with Crippen molar-refractivity contribution in [3.8, 4) is 5.88 Å². The number of ether oxygens (including phenoxy) is 1. The van der Waals surface area contributed by atoms with Crippen molar-refractivity contribution in [3.63, 3.8) is 0 Å². The summed E-state index contributed by atoms with van der Waals surface area (Å²) in [6.45, 7) is 2.70. The van der Waals surface area contributed by atoms with Crippen molar-refractivity contribution < 1.29 is 4.74 Å². The Hall–Kier alpha value is -2.59. The van der Waals surface area contributed by atoms with Gasteiger partial charge in [0, 0.05) is 23.2 Å². The SMILES string of the molecule is c1ccc(COc2ccc3c(NC4CCNCC4)cccc3n2)cc1. The first-order valence-electron chi connectivity index (χ1n) is 8.92. The molecule has 2 N–H and O–H groups in total. The summed E-state index contributed by atoms with van der Waals surface area (Å²) in [4.78, 5) is 4.67. The molecule has 0 bridgehead atoms. The van der Waals surface area contributed by atoms with Crippen LogP contribution in [0.3, 0.4) is 0 Å². The van der Waals surface area contributed by atoms with Gasteiger partial charge in [-0.2, -0.15) is 0 Å². The van der Waals surface area contributed by atoms with Gasteiger partial charge in [-0.3, -0.25) is 0 Å². The highest BCUT2D eigenvalue weighted by Gasteiger charge is 2.14. The lowest BCUT2D eigenvalue weighted by Gasteiger charge is -2.25. The summed E-state index contributed by atoms with van der Waals surface area (Å²) >= 11 is 0. The van der Waals surface area contributed by atoms with Crippen molar-refractivity contribution in [2.75, 3.05) is 18.4 Å². The second-order valence-corrected chi connectivity index (χ2v) is 6.46. The number of nitrogens with one attached hydrogen (secondary N) is 2. The zero-order valence-corrected chi connectivity index (χ0v) is 14.2. The van der Waals surface area contributed by atoms with E-state index in [2.05, 4.69) is 45.9 Å². The van der Waals surface area contributed by atoms with Crippen LogP contribution in [0.1, 0.15) is 18.4 Å².